The average Bonchev–Trinajstić information content (AvgIpc) is 2.53. The molecule has 0 aliphatic rings. The standard InChI is InChI=1S/C8H8N4O/c1-5-10-8(12-11-5)7-6(13)3-2-4-9-7/h2-4,13H,1H3,(H,10,11,12). The molecule has 0 atom stereocenters. The first-order chi connectivity index (χ1) is 6.27. The molecule has 0 aliphatic carbocycles. The lowest BCUT2D eigenvalue weighted by atomic mass is 10.3. The van der Waals surface area contributed by atoms with E-state index < -0.39 is 0 Å². The van der Waals surface area contributed by atoms with E-state index in [-0.39, 0.29) is 5.75 Å². The van der Waals surface area contributed by atoms with Gasteiger partial charge in [-0.2, -0.15) is 5.10 Å². The van der Waals surface area contributed by atoms with Crippen molar-refractivity contribution in [1.82, 2.24) is 20.2 Å². The Labute approximate surface area is 74.5 Å². The number of rotatable bonds is 1. The number of aromatic nitrogens is 4. The van der Waals surface area contributed by atoms with Crippen LogP contribution in [0.25, 0.3) is 11.5 Å². The first-order valence-electron chi connectivity index (χ1n) is 3.81. The molecule has 0 amide bonds. The molecule has 13 heavy (non-hydrogen) atoms. The molecule has 0 aromatic carbocycles. The molecule has 0 spiro atoms. The summed E-state index contributed by atoms with van der Waals surface area (Å²) in [5.74, 6) is 1.19. The Bertz CT molecular complexity index is 424. The molecule has 2 heterocycles. The van der Waals surface area contributed by atoms with E-state index in [9.17, 15) is 5.11 Å². The predicted octanol–water partition coefficient (Wildman–Crippen LogP) is 0.881. The number of aromatic hydroxyl groups is 1. The average molecular weight is 176 g/mol. The van der Waals surface area contributed by atoms with E-state index >= 15 is 0 Å². The summed E-state index contributed by atoms with van der Waals surface area (Å²) >= 11 is 0. The van der Waals surface area contributed by atoms with E-state index in [1.165, 1.54) is 0 Å². The number of hydrogen-bond donors (Lipinski definition) is 2. The van der Waals surface area contributed by atoms with E-state index in [0.29, 0.717) is 17.3 Å². The SMILES string of the molecule is Cc1nc(-c2ncccc2O)n[nH]1. The highest BCUT2D eigenvalue weighted by molar-refractivity contribution is 5.57. The molecule has 0 bridgehead atoms. The molecule has 5 nitrogen and oxygen atoms in total. The fraction of sp³-hybridized carbons (Fsp3) is 0.125. The summed E-state index contributed by atoms with van der Waals surface area (Å²) in [6, 6.07) is 3.20. The Kier molecular flexibility index (Phi) is 1.70. The fourth-order valence-corrected chi connectivity index (χ4v) is 1.02. The molecule has 0 fully saturated rings. The van der Waals surface area contributed by atoms with E-state index in [1.54, 1.807) is 25.3 Å². The molecule has 5 heteroatoms. The van der Waals surface area contributed by atoms with Crippen LogP contribution in [0, 0.1) is 6.92 Å². The molecular weight excluding hydrogens is 168 g/mol. The van der Waals surface area contributed by atoms with Crippen LogP contribution in [-0.2, 0) is 0 Å². The van der Waals surface area contributed by atoms with Crippen LogP contribution in [0.3, 0.4) is 0 Å². The zero-order valence-electron chi connectivity index (χ0n) is 7.02. The highest BCUT2D eigenvalue weighted by atomic mass is 16.3. The third-order valence-electron chi connectivity index (χ3n) is 1.60. The van der Waals surface area contributed by atoms with Gasteiger partial charge in [-0.15, -0.1) is 0 Å². The summed E-state index contributed by atoms with van der Waals surface area (Å²) in [6.07, 6.45) is 1.58. The van der Waals surface area contributed by atoms with Crippen molar-refractivity contribution < 1.29 is 5.11 Å². The molecule has 66 valence electrons. The van der Waals surface area contributed by atoms with Gasteiger partial charge < -0.3 is 5.11 Å². The quantitative estimate of drug-likeness (QED) is 0.676. The van der Waals surface area contributed by atoms with Gasteiger partial charge in [-0.05, 0) is 19.1 Å². The summed E-state index contributed by atoms with van der Waals surface area (Å²) in [5, 5.41) is 16.0. The lowest BCUT2D eigenvalue weighted by Gasteiger charge is -1.95. The number of aromatic amines is 1. The smallest absolute Gasteiger partial charge is 0.203 e. The number of hydrogen-bond acceptors (Lipinski definition) is 4. The van der Waals surface area contributed by atoms with Gasteiger partial charge >= 0.3 is 0 Å². The van der Waals surface area contributed by atoms with Crippen LogP contribution in [0.2, 0.25) is 0 Å². The Balaban J connectivity index is 2.52. The van der Waals surface area contributed by atoms with Gasteiger partial charge in [0.15, 0.2) is 5.69 Å². The highest BCUT2D eigenvalue weighted by Gasteiger charge is 2.08. The van der Waals surface area contributed by atoms with Crippen molar-refractivity contribution >= 4 is 0 Å². The maximum Gasteiger partial charge on any atom is 0.203 e. The molecular formula is C8H8N4O. The third-order valence-corrected chi connectivity index (χ3v) is 1.60. The zero-order valence-corrected chi connectivity index (χ0v) is 7.02. The maximum atomic E-state index is 9.42. The largest absolute Gasteiger partial charge is 0.506 e. The second-order valence-electron chi connectivity index (χ2n) is 2.62. The van der Waals surface area contributed by atoms with Crippen LogP contribution in [0.1, 0.15) is 5.82 Å². The minimum atomic E-state index is 0.0847. The number of H-pyrrole nitrogens is 1. The first kappa shape index (κ1) is 7.72. The van der Waals surface area contributed by atoms with Crippen LogP contribution >= 0.6 is 0 Å². The highest BCUT2D eigenvalue weighted by Crippen LogP contribution is 2.22. The summed E-state index contributed by atoms with van der Waals surface area (Å²) in [7, 11) is 0. The molecule has 0 saturated heterocycles. The Hall–Kier alpha value is -1.91. The van der Waals surface area contributed by atoms with Crippen LogP contribution in [-0.4, -0.2) is 25.3 Å². The van der Waals surface area contributed by atoms with Gasteiger partial charge in [0.05, 0.1) is 0 Å². The molecule has 0 radical (unpaired) electrons. The molecule has 2 rings (SSSR count). The lowest BCUT2D eigenvalue weighted by molar-refractivity contribution is 0.474. The number of aryl methyl sites for hydroxylation is 1. The van der Waals surface area contributed by atoms with E-state index in [4.69, 9.17) is 0 Å². The molecule has 0 aliphatic heterocycles. The van der Waals surface area contributed by atoms with Gasteiger partial charge in [0.2, 0.25) is 5.82 Å². The summed E-state index contributed by atoms with van der Waals surface area (Å²) in [5.41, 5.74) is 0.395. The monoisotopic (exact) mass is 176 g/mol. The van der Waals surface area contributed by atoms with Crippen molar-refractivity contribution in [2.75, 3.05) is 0 Å². The van der Waals surface area contributed by atoms with Crippen LogP contribution < -0.4 is 0 Å². The molecule has 0 unspecified atom stereocenters. The van der Waals surface area contributed by atoms with Gasteiger partial charge in [-0.25, -0.2) is 9.97 Å². The van der Waals surface area contributed by atoms with Crippen molar-refractivity contribution in [3.63, 3.8) is 0 Å². The Morgan fingerprint density at radius 1 is 1.46 bits per heavy atom. The minimum absolute atomic E-state index is 0.0847. The second kappa shape index (κ2) is 2.85. The normalized spacial score (nSPS) is 10.2. The molecule has 2 aromatic rings. The van der Waals surface area contributed by atoms with Gasteiger partial charge in [-0.3, -0.25) is 5.10 Å². The van der Waals surface area contributed by atoms with E-state index in [2.05, 4.69) is 20.2 Å². The minimum Gasteiger partial charge on any atom is -0.506 e. The number of pyridine rings is 1. The van der Waals surface area contributed by atoms with Crippen molar-refractivity contribution in [2.45, 2.75) is 6.92 Å². The maximum absolute atomic E-state index is 9.42. The third kappa shape index (κ3) is 1.35. The van der Waals surface area contributed by atoms with Crippen molar-refractivity contribution in [3.05, 3.63) is 24.2 Å². The topological polar surface area (TPSA) is 74.7 Å². The summed E-state index contributed by atoms with van der Waals surface area (Å²) in [4.78, 5) is 8.02. The lowest BCUT2D eigenvalue weighted by Crippen LogP contribution is -1.85. The second-order valence-corrected chi connectivity index (χ2v) is 2.62. The zero-order chi connectivity index (χ0) is 9.26. The van der Waals surface area contributed by atoms with Crippen molar-refractivity contribution in [2.24, 2.45) is 0 Å². The van der Waals surface area contributed by atoms with Gasteiger partial charge in [0, 0.05) is 6.20 Å². The molecule has 2 aromatic heterocycles. The van der Waals surface area contributed by atoms with Gasteiger partial charge in [0.1, 0.15) is 11.6 Å². The summed E-state index contributed by atoms with van der Waals surface area (Å²) in [6.45, 7) is 1.79. The molecule has 2 N–H and O–H groups in total. The van der Waals surface area contributed by atoms with Gasteiger partial charge in [0.25, 0.3) is 0 Å². The summed E-state index contributed by atoms with van der Waals surface area (Å²) < 4.78 is 0. The van der Waals surface area contributed by atoms with E-state index in [1.807, 2.05) is 0 Å². The van der Waals surface area contributed by atoms with Crippen molar-refractivity contribution in [1.29, 1.82) is 0 Å². The van der Waals surface area contributed by atoms with Crippen molar-refractivity contribution in [3.8, 4) is 17.3 Å². The Morgan fingerprint density at radius 2 is 2.31 bits per heavy atom. The molecule has 0 saturated carbocycles. The number of nitrogens with zero attached hydrogens (tertiary/aromatic N) is 3. The Morgan fingerprint density at radius 3 is 2.92 bits per heavy atom. The predicted molar refractivity (Wildman–Crippen MR) is 46.0 cm³/mol. The first-order valence-corrected chi connectivity index (χ1v) is 3.81. The van der Waals surface area contributed by atoms with Gasteiger partial charge in [-0.1, -0.05) is 0 Å². The van der Waals surface area contributed by atoms with Crippen LogP contribution in [0.5, 0.6) is 5.75 Å². The van der Waals surface area contributed by atoms with E-state index in [0.717, 1.165) is 0 Å². The van der Waals surface area contributed by atoms with Crippen LogP contribution in [0.15, 0.2) is 18.3 Å². The van der Waals surface area contributed by atoms with Crippen LogP contribution in [0.4, 0.5) is 0 Å². The fourth-order valence-electron chi connectivity index (χ4n) is 1.02. The number of nitrogens with one attached hydrogen (secondary N) is 1.